The third-order valence-electron chi connectivity index (χ3n) is 4.53. The summed E-state index contributed by atoms with van der Waals surface area (Å²) in [5.74, 6) is 0. The summed E-state index contributed by atoms with van der Waals surface area (Å²) in [5, 5.41) is 11.5. The van der Waals surface area contributed by atoms with E-state index in [1.54, 1.807) is 11.3 Å². The fourth-order valence-electron chi connectivity index (χ4n) is 3.48. The van der Waals surface area contributed by atoms with E-state index in [-0.39, 0.29) is 17.1 Å². The van der Waals surface area contributed by atoms with Crippen molar-refractivity contribution in [2.24, 2.45) is 5.41 Å². The maximum absolute atomic E-state index is 10.4. The maximum atomic E-state index is 10.4. The van der Waals surface area contributed by atoms with E-state index in [9.17, 15) is 5.11 Å². The highest BCUT2D eigenvalue weighted by atomic mass is 32.1. The van der Waals surface area contributed by atoms with Crippen LogP contribution in [-0.4, -0.2) is 29.9 Å². The van der Waals surface area contributed by atoms with Crippen LogP contribution in [0, 0.1) is 5.41 Å². The van der Waals surface area contributed by atoms with E-state index in [2.05, 4.69) is 13.8 Å². The Bertz CT molecular complexity index is 500. The monoisotopic (exact) mass is 311 g/mol. The number of thiazole rings is 1. The molecule has 0 amide bonds. The van der Waals surface area contributed by atoms with Crippen LogP contribution in [0.25, 0.3) is 0 Å². The standard InChI is InChI=1S/C16H25NO3S/c1-4-20-16(5-7-19-8-6-16)14-17-11-9-15(2,3)10-12(18)13(11)21-14/h12,18H,4-10H2,1-3H3. The Morgan fingerprint density at radius 3 is 2.76 bits per heavy atom. The van der Waals surface area contributed by atoms with E-state index in [1.807, 2.05) is 6.92 Å². The zero-order valence-electron chi connectivity index (χ0n) is 13.1. The van der Waals surface area contributed by atoms with Gasteiger partial charge in [-0.25, -0.2) is 4.98 Å². The van der Waals surface area contributed by atoms with Gasteiger partial charge in [-0.3, -0.25) is 0 Å². The first kappa shape index (κ1) is 15.4. The van der Waals surface area contributed by atoms with Crippen LogP contribution in [0.3, 0.4) is 0 Å². The van der Waals surface area contributed by atoms with Crippen LogP contribution in [0.15, 0.2) is 0 Å². The minimum Gasteiger partial charge on any atom is -0.387 e. The molecular formula is C16H25NO3S. The van der Waals surface area contributed by atoms with Crippen molar-refractivity contribution in [3.63, 3.8) is 0 Å². The van der Waals surface area contributed by atoms with Gasteiger partial charge in [0.05, 0.1) is 16.7 Å². The molecule has 2 heterocycles. The number of aliphatic hydroxyl groups excluding tert-OH is 1. The topological polar surface area (TPSA) is 51.6 Å². The molecule has 1 fully saturated rings. The molecule has 0 saturated carbocycles. The van der Waals surface area contributed by atoms with Crippen molar-refractivity contribution in [3.8, 4) is 0 Å². The molecule has 1 aromatic heterocycles. The van der Waals surface area contributed by atoms with Crippen LogP contribution < -0.4 is 0 Å². The summed E-state index contributed by atoms with van der Waals surface area (Å²) in [7, 11) is 0. The largest absolute Gasteiger partial charge is 0.387 e. The van der Waals surface area contributed by atoms with Gasteiger partial charge in [0.15, 0.2) is 0 Å². The molecule has 1 unspecified atom stereocenters. The highest BCUT2D eigenvalue weighted by molar-refractivity contribution is 7.12. The van der Waals surface area contributed by atoms with E-state index >= 15 is 0 Å². The first-order valence-electron chi connectivity index (χ1n) is 7.86. The van der Waals surface area contributed by atoms with Gasteiger partial charge in [0.25, 0.3) is 0 Å². The molecule has 118 valence electrons. The van der Waals surface area contributed by atoms with Gasteiger partial charge in [0.1, 0.15) is 10.6 Å². The predicted molar refractivity (Wildman–Crippen MR) is 82.5 cm³/mol. The lowest BCUT2D eigenvalue weighted by Gasteiger charge is -2.35. The molecule has 0 aromatic carbocycles. The third kappa shape index (κ3) is 2.89. The van der Waals surface area contributed by atoms with Crippen molar-refractivity contribution in [2.45, 2.75) is 58.2 Å². The van der Waals surface area contributed by atoms with Gasteiger partial charge >= 0.3 is 0 Å². The Kier molecular flexibility index (Phi) is 4.12. The number of aliphatic hydroxyl groups is 1. The summed E-state index contributed by atoms with van der Waals surface area (Å²) in [6.07, 6.45) is 3.08. The number of hydrogen-bond acceptors (Lipinski definition) is 5. The van der Waals surface area contributed by atoms with E-state index in [4.69, 9.17) is 14.5 Å². The Morgan fingerprint density at radius 2 is 2.10 bits per heavy atom. The number of nitrogens with zero attached hydrogens (tertiary/aromatic N) is 1. The van der Waals surface area contributed by atoms with Crippen LogP contribution in [0.2, 0.25) is 0 Å². The van der Waals surface area contributed by atoms with E-state index in [0.29, 0.717) is 6.61 Å². The average molecular weight is 311 g/mol. The zero-order chi connectivity index (χ0) is 15.1. The first-order chi connectivity index (χ1) is 9.96. The summed E-state index contributed by atoms with van der Waals surface area (Å²) in [6, 6.07) is 0. The van der Waals surface area contributed by atoms with Crippen LogP contribution in [0.1, 0.15) is 61.7 Å². The Balaban J connectivity index is 1.96. The van der Waals surface area contributed by atoms with Crippen molar-refractivity contribution < 1.29 is 14.6 Å². The predicted octanol–water partition coefficient (Wildman–Crippen LogP) is 3.19. The molecule has 1 aliphatic carbocycles. The molecule has 0 bridgehead atoms. The molecule has 1 aliphatic heterocycles. The van der Waals surface area contributed by atoms with Crippen molar-refractivity contribution in [1.29, 1.82) is 0 Å². The summed E-state index contributed by atoms with van der Waals surface area (Å²) < 4.78 is 11.6. The molecule has 0 spiro atoms. The molecule has 2 aliphatic rings. The summed E-state index contributed by atoms with van der Waals surface area (Å²) in [4.78, 5) is 5.94. The van der Waals surface area contributed by atoms with Crippen molar-refractivity contribution >= 4 is 11.3 Å². The minimum atomic E-state index is -0.381. The normalized spacial score (nSPS) is 27.3. The number of fused-ring (bicyclic) bond motifs is 1. The second kappa shape index (κ2) is 5.61. The Morgan fingerprint density at radius 1 is 1.38 bits per heavy atom. The Labute approximate surface area is 130 Å². The highest BCUT2D eigenvalue weighted by Crippen LogP contribution is 2.46. The second-order valence-corrected chi connectivity index (χ2v) is 7.96. The summed E-state index contributed by atoms with van der Waals surface area (Å²) in [6.45, 7) is 8.55. The molecule has 21 heavy (non-hydrogen) atoms. The van der Waals surface area contributed by atoms with Gasteiger partial charge in [-0.05, 0) is 25.2 Å². The fourth-order valence-corrected chi connectivity index (χ4v) is 4.75. The van der Waals surface area contributed by atoms with Crippen LogP contribution in [-0.2, 0) is 21.5 Å². The van der Waals surface area contributed by atoms with Crippen LogP contribution in [0.5, 0.6) is 0 Å². The lowest BCUT2D eigenvalue weighted by molar-refractivity contribution is -0.112. The minimum absolute atomic E-state index is 0.117. The highest BCUT2D eigenvalue weighted by Gasteiger charge is 2.41. The summed E-state index contributed by atoms with van der Waals surface area (Å²) >= 11 is 1.65. The van der Waals surface area contributed by atoms with E-state index < -0.39 is 0 Å². The maximum Gasteiger partial charge on any atom is 0.125 e. The molecule has 1 N–H and O–H groups in total. The van der Waals surface area contributed by atoms with Crippen molar-refractivity contribution in [1.82, 2.24) is 4.98 Å². The molecule has 1 saturated heterocycles. The SMILES string of the molecule is CCOC1(c2nc3c(s2)C(O)CC(C)(C)C3)CCOCC1. The molecule has 1 atom stereocenters. The molecular weight excluding hydrogens is 286 g/mol. The zero-order valence-corrected chi connectivity index (χ0v) is 14.0. The number of aromatic nitrogens is 1. The van der Waals surface area contributed by atoms with Crippen LogP contribution in [0.4, 0.5) is 0 Å². The lowest BCUT2D eigenvalue weighted by Crippen LogP contribution is -2.36. The molecule has 5 heteroatoms. The lowest BCUT2D eigenvalue weighted by atomic mass is 9.77. The van der Waals surface area contributed by atoms with Crippen molar-refractivity contribution in [2.75, 3.05) is 19.8 Å². The van der Waals surface area contributed by atoms with Gasteiger partial charge in [0.2, 0.25) is 0 Å². The average Bonchev–Trinajstić information content (AvgIpc) is 2.83. The number of rotatable bonds is 3. The van der Waals surface area contributed by atoms with Gasteiger partial charge in [-0.15, -0.1) is 11.3 Å². The summed E-state index contributed by atoms with van der Waals surface area (Å²) in [5.41, 5.74) is 0.884. The van der Waals surface area contributed by atoms with Crippen LogP contribution >= 0.6 is 11.3 Å². The fraction of sp³-hybridized carbons (Fsp3) is 0.812. The third-order valence-corrected chi connectivity index (χ3v) is 5.92. The number of hydrogen-bond donors (Lipinski definition) is 1. The molecule has 3 rings (SSSR count). The van der Waals surface area contributed by atoms with E-state index in [0.717, 1.165) is 54.5 Å². The molecule has 0 radical (unpaired) electrons. The first-order valence-corrected chi connectivity index (χ1v) is 8.67. The smallest absolute Gasteiger partial charge is 0.125 e. The quantitative estimate of drug-likeness (QED) is 0.931. The van der Waals surface area contributed by atoms with Gasteiger partial charge < -0.3 is 14.6 Å². The van der Waals surface area contributed by atoms with Gasteiger partial charge in [0, 0.05) is 32.7 Å². The van der Waals surface area contributed by atoms with Gasteiger partial charge in [-0.2, -0.15) is 0 Å². The molecule has 4 nitrogen and oxygen atoms in total. The second-order valence-electron chi connectivity index (χ2n) is 6.93. The van der Waals surface area contributed by atoms with Gasteiger partial charge in [-0.1, -0.05) is 13.8 Å². The molecule has 1 aromatic rings. The number of ether oxygens (including phenoxy) is 2. The Hall–Kier alpha value is -0.490. The van der Waals surface area contributed by atoms with Crippen molar-refractivity contribution in [3.05, 3.63) is 15.6 Å². The van der Waals surface area contributed by atoms with E-state index in [1.165, 1.54) is 0 Å².